The molecule has 0 bridgehead atoms. The molecule has 0 radical (unpaired) electrons. The monoisotopic (exact) mass is 400 g/mol. The van der Waals surface area contributed by atoms with Crippen LogP contribution in [0.15, 0.2) is 73.1 Å². The van der Waals surface area contributed by atoms with E-state index in [1.54, 1.807) is 0 Å². The molecule has 3 aromatic rings. The maximum Gasteiger partial charge on any atom is 0.225 e. The van der Waals surface area contributed by atoms with Gasteiger partial charge in [0.1, 0.15) is 5.82 Å². The third-order valence-electron chi connectivity index (χ3n) is 5.08. The van der Waals surface area contributed by atoms with Crippen LogP contribution in [0, 0.1) is 6.92 Å². The molecule has 1 N–H and O–H groups in total. The van der Waals surface area contributed by atoms with Crippen molar-refractivity contribution in [2.75, 3.05) is 10.2 Å². The van der Waals surface area contributed by atoms with E-state index in [-0.39, 0.29) is 6.04 Å². The van der Waals surface area contributed by atoms with Crippen LogP contribution in [-0.4, -0.2) is 9.97 Å². The zero-order chi connectivity index (χ0) is 21.3. The first-order chi connectivity index (χ1) is 14.6. The molecule has 0 fully saturated rings. The Hall–Kier alpha value is -3.14. The van der Waals surface area contributed by atoms with Gasteiger partial charge in [-0.15, -0.1) is 0 Å². The quantitative estimate of drug-likeness (QED) is 0.421. The van der Waals surface area contributed by atoms with E-state index in [1.165, 1.54) is 16.7 Å². The number of aryl methyl sites for hydroxylation is 2. The summed E-state index contributed by atoms with van der Waals surface area (Å²) in [6.45, 7) is 8.64. The van der Waals surface area contributed by atoms with Crippen LogP contribution < -0.4 is 10.2 Å². The number of rotatable bonds is 9. The number of allylic oxidation sites excluding steroid dienone is 1. The van der Waals surface area contributed by atoms with Gasteiger partial charge in [0, 0.05) is 18.1 Å². The highest BCUT2D eigenvalue weighted by molar-refractivity contribution is 5.67. The number of nitrogens with one attached hydrogen (secondary N) is 1. The first-order valence-corrected chi connectivity index (χ1v) is 10.8. The molecule has 2 aromatic carbocycles. The molecule has 1 heterocycles. The molecular weight excluding hydrogens is 368 g/mol. The Labute approximate surface area is 180 Å². The van der Waals surface area contributed by atoms with Crippen molar-refractivity contribution < 1.29 is 0 Å². The molecule has 0 unspecified atom stereocenters. The molecule has 156 valence electrons. The third-order valence-corrected chi connectivity index (χ3v) is 5.08. The van der Waals surface area contributed by atoms with Crippen molar-refractivity contribution in [1.82, 2.24) is 9.97 Å². The Bertz CT molecular complexity index is 966. The topological polar surface area (TPSA) is 41.1 Å². The molecular formula is C26H32N4. The average Bonchev–Trinajstić information content (AvgIpc) is 2.76. The molecule has 30 heavy (non-hydrogen) atoms. The van der Waals surface area contributed by atoms with E-state index in [1.807, 2.05) is 30.5 Å². The van der Waals surface area contributed by atoms with Crippen LogP contribution in [0.25, 0.3) is 0 Å². The summed E-state index contributed by atoms with van der Waals surface area (Å²) in [5, 5.41) is 3.43. The Morgan fingerprint density at radius 2 is 1.87 bits per heavy atom. The summed E-state index contributed by atoms with van der Waals surface area (Å²) in [5.74, 6) is 1.47. The Kier molecular flexibility index (Phi) is 7.61. The van der Waals surface area contributed by atoms with Crippen LogP contribution in [0.4, 0.5) is 17.5 Å². The van der Waals surface area contributed by atoms with E-state index in [4.69, 9.17) is 4.98 Å². The van der Waals surface area contributed by atoms with Crippen LogP contribution in [0.3, 0.4) is 0 Å². The van der Waals surface area contributed by atoms with Gasteiger partial charge in [-0.05, 0) is 55.5 Å². The SMILES string of the molecule is CC/C=C/N(c1ccnc(N[C@@H](C)c2ccccc2)n1)c1ccc(CCC)cc1C. The van der Waals surface area contributed by atoms with E-state index in [2.05, 4.69) is 85.5 Å². The fourth-order valence-electron chi connectivity index (χ4n) is 3.49. The molecule has 1 aromatic heterocycles. The van der Waals surface area contributed by atoms with Gasteiger partial charge >= 0.3 is 0 Å². The smallest absolute Gasteiger partial charge is 0.225 e. The van der Waals surface area contributed by atoms with Gasteiger partial charge < -0.3 is 10.2 Å². The van der Waals surface area contributed by atoms with Gasteiger partial charge in [-0.3, -0.25) is 0 Å². The summed E-state index contributed by atoms with van der Waals surface area (Å²) in [6.07, 6.45) is 9.29. The van der Waals surface area contributed by atoms with E-state index in [0.29, 0.717) is 5.95 Å². The minimum atomic E-state index is 0.121. The second kappa shape index (κ2) is 10.6. The van der Waals surface area contributed by atoms with Gasteiger partial charge in [-0.2, -0.15) is 4.98 Å². The maximum atomic E-state index is 4.82. The highest BCUT2D eigenvalue weighted by atomic mass is 15.2. The molecule has 0 aliphatic carbocycles. The van der Waals surface area contributed by atoms with Crippen molar-refractivity contribution in [1.29, 1.82) is 0 Å². The van der Waals surface area contributed by atoms with E-state index in [9.17, 15) is 0 Å². The molecule has 0 saturated heterocycles. The third kappa shape index (κ3) is 5.47. The van der Waals surface area contributed by atoms with Crippen LogP contribution in [-0.2, 0) is 6.42 Å². The zero-order valence-corrected chi connectivity index (χ0v) is 18.5. The molecule has 0 amide bonds. The number of hydrogen-bond acceptors (Lipinski definition) is 4. The normalized spacial score (nSPS) is 12.1. The second-order valence-electron chi connectivity index (χ2n) is 7.55. The lowest BCUT2D eigenvalue weighted by Gasteiger charge is -2.23. The molecule has 4 nitrogen and oxygen atoms in total. The van der Waals surface area contributed by atoms with Gasteiger partial charge in [0.15, 0.2) is 0 Å². The molecule has 1 atom stereocenters. The minimum absolute atomic E-state index is 0.121. The van der Waals surface area contributed by atoms with Crippen LogP contribution in [0.2, 0.25) is 0 Å². The summed E-state index contributed by atoms with van der Waals surface area (Å²) in [6, 6.07) is 19.1. The van der Waals surface area contributed by atoms with Crippen molar-refractivity contribution in [3.05, 3.63) is 89.8 Å². The van der Waals surface area contributed by atoms with Crippen molar-refractivity contribution >= 4 is 17.5 Å². The van der Waals surface area contributed by atoms with Gasteiger partial charge in [0.2, 0.25) is 5.95 Å². The molecule has 0 aliphatic heterocycles. The molecule has 0 aliphatic rings. The van der Waals surface area contributed by atoms with E-state index in [0.717, 1.165) is 30.8 Å². The summed E-state index contributed by atoms with van der Waals surface area (Å²) < 4.78 is 0. The summed E-state index contributed by atoms with van der Waals surface area (Å²) >= 11 is 0. The van der Waals surface area contributed by atoms with Gasteiger partial charge in [-0.25, -0.2) is 4.98 Å². The first-order valence-electron chi connectivity index (χ1n) is 10.8. The first kappa shape index (κ1) is 21.6. The second-order valence-corrected chi connectivity index (χ2v) is 7.55. The highest BCUT2D eigenvalue weighted by Crippen LogP contribution is 2.29. The summed E-state index contributed by atoms with van der Waals surface area (Å²) in [4.78, 5) is 11.4. The largest absolute Gasteiger partial charge is 0.348 e. The summed E-state index contributed by atoms with van der Waals surface area (Å²) in [5.41, 5.74) is 4.96. The minimum Gasteiger partial charge on any atom is -0.348 e. The molecule has 0 spiro atoms. The fourth-order valence-corrected chi connectivity index (χ4v) is 3.49. The standard InChI is InChI=1S/C26H32N4/c1-5-7-18-30(24-15-14-22(11-6-2)19-20(24)3)25-16-17-27-26(29-25)28-21(4)23-12-9-8-10-13-23/h7-10,12-19,21H,5-6,11H2,1-4H3,(H,27,28,29)/b18-7+/t21-/m0/s1. The van der Waals surface area contributed by atoms with E-state index < -0.39 is 0 Å². The van der Waals surface area contributed by atoms with Crippen molar-refractivity contribution in [3.8, 4) is 0 Å². The number of hydrogen-bond donors (Lipinski definition) is 1. The lowest BCUT2D eigenvalue weighted by atomic mass is 10.1. The predicted molar refractivity (Wildman–Crippen MR) is 127 cm³/mol. The molecule has 4 heteroatoms. The number of benzene rings is 2. The van der Waals surface area contributed by atoms with Crippen LogP contribution in [0.5, 0.6) is 0 Å². The van der Waals surface area contributed by atoms with Gasteiger partial charge in [0.05, 0.1) is 6.04 Å². The van der Waals surface area contributed by atoms with Crippen molar-refractivity contribution in [2.45, 2.75) is 53.0 Å². The Morgan fingerprint density at radius 3 is 2.57 bits per heavy atom. The van der Waals surface area contributed by atoms with Crippen LogP contribution in [0.1, 0.15) is 56.3 Å². The fraction of sp³-hybridized carbons (Fsp3) is 0.308. The Balaban J connectivity index is 1.90. The predicted octanol–water partition coefficient (Wildman–Crippen LogP) is 6.97. The van der Waals surface area contributed by atoms with Crippen molar-refractivity contribution in [3.63, 3.8) is 0 Å². The molecule has 3 rings (SSSR count). The lowest BCUT2D eigenvalue weighted by molar-refractivity contribution is 0.859. The Morgan fingerprint density at radius 1 is 1.07 bits per heavy atom. The zero-order valence-electron chi connectivity index (χ0n) is 18.5. The number of aromatic nitrogens is 2. The van der Waals surface area contributed by atoms with Crippen LogP contribution >= 0.6 is 0 Å². The number of nitrogens with zero attached hydrogens (tertiary/aromatic N) is 3. The summed E-state index contributed by atoms with van der Waals surface area (Å²) in [7, 11) is 0. The van der Waals surface area contributed by atoms with Crippen molar-refractivity contribution in [2.24, 2.45) is 0 Å². The van der Waals surface area contributed by atoms with Gasteiger partial charge in [0.25, 0.3) is 0 Å². The van der Waals surface area contributed by atoms with Gasteiger partial charge in [-0.1, -0.05) is 68.8 Å². The number of anilines is 3. The maximum absolute atomic E-state index is 4.82. The van der Waals surface area contributed by atoms with E-state index >= 15 is 0 Å². The molecule has 0 saturated carbocycles. The lowest BCUT2D eigenvalue weighted by Crippen LogP contribution is -2.15. The average molecular weight is 401 g/mol. The highest BCUT2D eigenvalue weighted by Gasteiger charge is 2.13.